The molecule has 1 saturated carbocycles. The van der Waals surface area contributed by atoms with E-state index in [1.54, 1.807) is 7.05 Å². The van der Waals surface area contributed by atoms with Crippen molar-refractivity contribution in [2.45, 2.75) is 32.0 Å². The van der Waals surface area contributed by atoms with Crippen LogP contribution in [0, 0.1) is 0 Å². The number of carbonyl (C=O) groups excluding carboxylic acids is 1. The maximum absolute atomic E-state index is 11.8. The molecule has 2 aromatic carbocycles. The van der Waals surface area contributed by atoms with E-state index in [1.807, 2.05) is 60.5 Å². The minimum Gasteiger partial charge on any atom is -0.484 e. The molecule has 0 saturated heterocycles. The van der Waals surface area contributed by atoms with Crippen LogP contribution in [-0.4, -0.2) is 43.5 Å². The highest BCUT2D eigenvalue weighted by atomic mass is 127. The van der Waals surface area contributed by atoms with Gasteiger partial charge in [-0.25, -0.2) is 0 Å². The lowest BCUT2D eigenvalue weighted by Crippen LogP contribution is -2.38. The molecule has 0 atom stereocenters. The van der Waals surface area contributed by atoms with Crippen molar-refractivity contribution < 1.29 is 9.53 Å². The number of benzene rings is 2. The van der Waals surface area contributed by atoms with Crippen LogP contribution in [-0.2, 0) is 17.9 Å². The summed E-state index contributed by atoms with van der Waals surface area (Å²) in [5.41, 5.74) is 2.16. The fraction of sp³-hybridized carbons (Fsp3) is 0.364. The van der Waals surface area contributed by atoms with Crippen molar-refractivity contribution in [1.82, 2.24) is 15.5 Å². The number of amides is 1. The van der Waals surface area contributed by atoms with Crippen LogP contribution >= 0.6 is 35.6 Å². The topological polar surface area (TPSA) is 66.0 Å². The Labute approximate surface area is 200 Å². The average Bonchev–Trinajstić information content (AvgIpc) is 3.51. The first kappa shape index (κ1) is 24.3. The average molecular weight is 543 g/mol. The highest BCUT2D eigenvalue weighted by molar-refractivity contribution is 14.0. The standard InChI is InChI=1S/C22H27ClN4O2.HI/c1-24-22(27(2)14-17-6-3-7-18(23)11-17)25-13-16-5-4-8-20(12-16)29-15-21(28)26-19-9-10-19;/h3-8,11-12,19H,9-10,13-15H2,1-2H3,(H,24,25)(H,26,28);1H. The number of rotatable bonds is 8. The summed E-state index contributed by atoms with van der Waals surface area (Å²) in [4.78, 5) is 18.2. The third kappa shape index (κ3) is 8.02. The molecule has 2 N–H and O–H groups in total. The summed E-state index contributed by atoms with van der Waals surface area (Å²) in [5.74, 6) is 1.39. The van der Waals surface area contributed by atoms with Crippen molar-refractivity contribution in [1.29, 1.82) is 0 Å². The van der Waals surface area contributed by atoms with Crippen LogP contribution in [0.3, 0.4) is 0 Å². The Morgan fingerprint density at radius 1 is 1.20 bits per heavy atom. The van der Waals surface area contributed by atoms with Gasteiger partial charge in [-0.15, -0.1) is 24.0 Å². The third-order valence-electron chi connectivity index (χ3n) is 4.54. The molecule has 6 nitrogen and oxygen atoms in total. The van der Waals surface area contributed by atoms with E-state index < -0.39 is 0 Å². The summed E-state index contributed by atoms with van der Waals surface area (Å²) < 4.78 is 5.61. The number of hydrogen-bond acceptors (Lipinski definition) is 3. The van der Waals surface area contributed by atoms with Crippen LogP contribution in [0.1, 0.15) is 24.0 Å². The lowest BCUT2D eigenvalue weighted by Gasteiger charge is -2.22. The molecule has 0 spiro atoms. The number of guanidine groups is 1. The first-order valence-electron chi connectivity index (χ1n) is 9.71. The molecule has 30 heavy (non-hydrogen) atoms. The number of halogens is 2. The van der Waals surface area contributed by atoms with Gasteiger partial charge in [-0.05, 0) is 48.2 Å². The highest BCUT2D eigenvalue weighted by Crippen LogP contribution is 2.18. The van der Waals surface area contributed by atoms with Crippen molar-refractivity contribution in [3.63, 3.8) is 0 Å². The van der Waals surface area contributed by atoms with Gasteiger partial charge >= 0.3 is 0 Å². The summed E-state index contributed by atoms with van der Waals surface area (Å²) in [6.45, 7) is 1.33. The maximum atomic E-state index is 11.8. The van der Waals surface area contributed by atoms with E-state index in [-0.39, 0.29) is 36.5 Å². The summed E-state index contributed by atoms with van der Waals surface area (Å²) in [5, 5.41) is 6.99. The zero-order valence-electron chi connectivity index (χ0n) is 17.2. The van der Waals surface area contributed by atoms with Crippen molar-refractivity contribution in [3.8, 4) is 5.75 Å². The van der Waals surface area contributed by atoms with E-state index >= 15 is 0 Å². The Bertz CT molecular complexity index is 874. The molecular weight excluding hydrogens is 515 g/mol. The molecule has 2 aromatic rings. The Balaban J connectivity index is 0.00000320. The Kier molecular flexibility index (Phi) is 9.71. The van der Waals surface area contributed by atoms with E-state index in [4.69, 9.17) is 16.3 Å². The summed E-state index contributed by atoms with van der Waals surface area (Å²) in [6, 6.07) is 15.9. The SMILES string of the molecule is CN=C(NCc1cccc(OCC(=O)NC2CC2)c1)N(C)Cc1cccc(Cl)c1.I. The number of hydrogen-bond donors (Lipinski definition) is 2. The van der Waals surface area contributed by atoms with Crippen LogP contribution in [0.5, 0.6) is 5.75 Å². The molecule has 3 rings (SSSR count). The third-order valence-corrected chi connectivity index (χ3v) is 4.78. The normalized spacial score (nSPS) is 13.2. The van der Waals surface area contributed by atoms with E-state index in [0.29, 0.717) is 24.9 Å². The molecule has 1 fully saturated rings. The van der Waals surface area contributed by atoms with Gasteiger partial charge in [0.25, 0.3) is 5.91 Å². The van der Waals surface area contributed by atoms with E-state index in [1.165, 1.54) is 0 Å². The summed E-state index contributed by atoms with van der Waals surface area (Å²) >= 11 is 6.07. The van der Waals surface area contributed by atoms with E-state index in [0.717, 1.165) is 35.0 Å². The second-order valence-electron chi connectivity index (χ2n) is 7.16. The lowest BCUT2D eigenvalue weighted by molar-refractivity contribution is -0.123. The molecule has 0 heterocycles. The van der Waals surface area contributed by atoms with Gasteiger partial charge in [0.05, 0.1) is 0 Å². The van der Waals surface area contributed by atoms with Gasteiger partial charge in [0, 0.05) is 38.2 Å². The molecule has 8 heteroatoms. The van der Waals surface area contributed by atoms with Crippen LogP contribution in [0.15, 0.2) is 53.5 Å². The van der Waals surface area contributed by atoms with Gasteiger partial charge in [-0.3, -0.25) is 9.79 Å². The van der Waals surface area contributed by atoms with Crippen LogP contribution in [0.4, 0.5) is 0 Å². The van der Waals surface area contributed by atoms with Gasteiger partial charge in [0.2, 0.25) is 0 Å². The highest BCUT2D eigenvalue weighted by Gasteiger charge is 2.23. The van der Waals surface area contributed by atoms with Gasteiger partial charge in [-0.2, -0.15) is 0 Å². The minimum absolute atomic E-state index is 0. The van der Waals surface area contributed by atoms with E-state index in [9.17, 15) is 4.79 Å². The lowest BCUT2D eigenvalue weighted by atomic mass is 10.2. The van der Waals surface area contributed by atoms with Crippen molar-refractivity contribution in [2.24, 2.45) is 4.99 Å². The fourth-order valence-corrected chi connectivity index (χ4v) is 3.15. The first-order valence-corrected chi connectivity index (χ1v) is 10.1. The molecule has 0 unspecified atom stereocenters. The molecule has 162 valence electrons. The Morgan fingerprint density at radius 3 is 2.63 bits per heavy atom. The number of nitrogens with zero attached hydrogens (tertiary/aromatic N) is 2. The largest absolute Gasteiger partial charge is 0.484 e. The van der Waals surface area contributed by atoms with Crippen molar-refractivity contribution in [2.75, 3.05) is 20.7 Å². The summed E-state index contributed by atoms with van der Waals surface area (Å²) in [7, 11) is 3.74. The number of nitrogens with one attached hydrogen (secondary N) is 2. The Hall–Kier alpha value is -2.00. The van der Waals surface area contributed by atoms with E-state index in [2.05, 4.69) is 15.6 Å². The van der Waals surface area contributed by atoms with Gasteiger partial charge in [0.1, 0.15) is 5.75 Å². The number of carbonyl (C=O) groups is 1. The van der Waals surface area contributed by atoms with Gasteiger partial charge < -0.3 is 20.3 Å². The zero-order chi connectivity index (χ0) is 20.6. The molecule has 0 bridgehead atoms. The zero-order valence-corrected chi connectivity index (χ0v) is 20.3. The van der Waals surface area contributed by atoms with Gasteiger partial charge in [-0.1, -0.05) is 35.9 Å². The van der Waals surface area contributed by atoms with Crippen LogP contribution < -0.4 is 15.4 Å². The Morgan fingerprint density at radius 2 is 1.93 bits per heavy atom. The van der Waals surface area contributed by atoms with Crippen molar-refractivity contribution >= 4 is 47.4 Å². The molecule has 0 aromatic heterocycles. The van der Waals surface area contributed by atoms with Gasteiger partial charge in [0.15, 0.2) is 12.6 Å². The van der Waals surface area contributed by atoms with Crippen molar-refractivity contribution in [3.05, 3.63) is 64.7 Å². The number of aliphatic imine (C=N–C) groups is 1. The molecule has 1 aliphatic rings. The number of ether oxygens (including phenoxy) is 1. The van der Waals surface area contributed by atoms with Crippen LogP contribution in [0.2, 0.25) is 5.02 Å². The quantitative estimate of drug-likeness (QED) is 0.302. The predicted octanol–water partition coefficient (Wildman–Crippen LogP) is 3.82. The molecule has 0 radical (unpaired) electrons. The summed E-state index contributed by atoms with van der Waals surface area (Å²) in [6.07, 6.45) is 2.14. The monoisotopic (exact) mass is 542 g/mol. The molecular formula is C22H28ClIN4O2. The van der Waals surface area contributed by atoms with Crippen LogP contribution in [0.25, 0.3) is 0 Å². The second kappa shape index (κ2) is 12.0. The minimum atomic E-state index is -0.0703. The maximum Gasteiger partial charge on any atom is 0.258 e. The second-order valence-corrected chi connectivity index (χ2v) is 7.60. The fourth-order valence-electron chi connectivity index (χ4n) is 2.94. The molecule has 1 aliphatic carbocycles. The smallest absolute Gasteiger partial charge is 0.258 e. The first-order chi connectivity index (χ1) is 14.0. The predicted molar refractivity (Wildman–Crippen MR) is 132 cm³/mol. The molecule has 1 amide bonds. The molecule has 0 aliphatic heterocycles.